The van der Waals surface area contributed by atoms with E-state index in [1.807, 2.05) is 45.9 Å². The maximum absolute atomic E-state index is 12.5. The Morgan fingerprint density at radius 3 is 2.44 bits per heavy atom. The first-order valence-corrected chi connectivity index (χ1v) is 16.4. The molecule has 0 saturated carbocycles. The Kier molecular flexibility index (Phi) is 7.67. The van der Waals surface area contributed by atoms with Gasteiger partial charge in [0, 0.05) is 63.1 Å². The third kappa shape index (κ3) is 6.15. The van der Waals surface area contributed by atoms with Crippen LogP contribution in [0.5, 0.6) is 11.5 Å². The molecule has 3 aliphatic heterocycles. The van der Waals surface area contributed by atoms with Crippen LogP contribution in [-0.2, 0) is 19.5 Å². The van der Waals surface area contributed by atoms with Gasteiger partial charge in [0.25, 0.3) is 10.1 Å². The molecule has 0 bridgehead atoms. The predicted octanol–water partition coefficient (Wildman–Crippen LogP) is 5.08. The van der Waals surface area contributed by atoms with Crippen molar-refractivity contribution >= 4 is 50.5 Å². The number of hydrogen-bond acceptors (Lipinski definition) is 10. The number of fused-ring (bicyclic) bond motifs is 4. The summed E-state index contributed by atoms with van der Waals surface area (Å²) in [6, 6.07) is 13.9. The summed E-state index contributed by atoms with van der Waals surface area (Å²) >= 11 is 0.903. The summed E-state index contributed by atoms with van der Waals surface area (Å²) in [5, 5.41) is 27.2. The lowest BCUT2D eigenvalue weighted by Gasteiger charge is -2.34. The topological polar surface area (TPSA) is 164 Å². The molecular formula is C32H30N2O9S2. The zero-order valence-electron chi connectivity index (χ0n) is 24.7. The minimum atomic E-state index is -4.38. The van der Waals surface area contributed by atoms with Crippen LogP contribution in [0.2, 0.25) is 0 Å². The average molecular weight is 651 g/mol. The quantitative estimate of drug-likeness (QED) is 0.0661. The molecule has 0 aromatic heterocycles. The molecule has 0 saturated heterocycles. The second-order valence-corrected chi connectivity index (χ2v) is 14.3. The Bertz CT molecular complexity index is 2070. The first-order valence-electron chi connectivity index (χ1n) is 13.9. The van der Waals surface area contributed by atoms with E-state index in [9.17, 15) is 22.9 Å². The standard InChI is InChI=1S/C32H30N2O9S2/c1-31(2)13-17(15-44-43-42-37)21-9-23-27(11-25(21)33-31)41-28-12-26-22(18(16-45(38,39)40)14-32(3,4)34-26)10-24(28)29(23)19-7-5-6-8-20(19)30(35)36/h5-14,33,37H,15-16H2,1-4H3,(H,35,36)(H,38,39,40). The van der Waals surface area contributed by atoms with Gasteiger partial charge in [0.15, 0.2) is 0 Å². The van der Waals surface area contributed by atoms with E-state index in [2.05, 4.69) is 14.7 Å². The fraction of sp³-hybridized carbons (Fsp3) is 0.250. The maximum atomic E-state index is 12.5. The lowest BCUT2D eigenvalue weighted by molar-refractivity contribution is -0.432. The van der Waals surface area contributed by atoms with Crippen molar-refractivity contribution in [1.29, 1.82) is 0 Å². The number of hydrogen-bond donors (Lipinski definition) is 4. The van der Waals surface area contributed by atoms with Gasteiger partial charge in [0.2, 0.25) is 0 Å². The zero-order chi connectivity index (χ0) is 32.3. The highest BCUT2D eigenvalue weighted by Crippen LogP contribution is 2.45. The van der Waals surface area contributed by atoms with Crippen LogP contribution in [0, 0.1) is 0 Å². The number of nitrogens with one attached hydrogen (secondary N) is 1. The molecule has 0 unspecified atom stereocenters. The molecule has 11 nitrogen and oxygen atoms in total. The second-order valence-electron chi connectivity index (χ2n) is 12.2. The van der Waals surface area contributed by atoms with Crippen LogP contribution in [-0.4, -0.2) is 51.9 Å². The van der Waals surface area contributed by atoms with Crippen LogP contribution in [0.3, 0.4) is 0 Å². The van der Waals surface area contributed by atoms with Crippen molar-refractivity contribution in [3.63, 3.8) is 0 Å². The molecule has 234 valence electrons. The number of aromatic carboxylic acids is 1. The van der Waals surface area contributed by atoms with Crippen LogP contribution >= 0.6 is 12.0 Å². The summed E-state index contributed by atoms with van der Waals surface area (Å²) in [5.74, 6) is -0.513. The van der Waals surface area contributed by atoms with Gasteiger partial charge in [-0.25, -0.2) is 10.1 Å². The third-order valence-electron chi connectivity index (χ3n) is 7.65. The van der Waals surface area contributed by atoms with E-state index >= 15 is 0 Å². The van der Waals surface area contributed by atoms with Gasteiger partial charge in [0.1, 0.15) is 17.3 Å². The Hall–Kier alpha value is -3.98. The molecular weight excluding hydrogens is 620 g/mol. The Morgan fingerprint density at radius 2 is 1.73 bits per heavy atom. The first-order chi connectivity index (χ1) is 21.1. The molecule has 0 radical (unpaired) electrons. The van der Waals surface area contributed by atoms with Crippen molar-refractivity contribution in [3.8, 4) is 11.5 Å². The van der Waals surface area contributed by atoms with Crippen molar-refractivity contribution in [3.05, 3.63) is 99.1 Å². The molecule has 0 atom stereocenters. The minimum absolute atomic E-state index is 0.0698. The van der Waals surface area contributed by atoms with Gasteiger partial charge >= 0.3 is 5.97 Å². The number of anilines is 1. The van der Waals surface area contributed by atoms with E-state index in [-0.39, 0.29) is 5.56 Å². The van der Waals surface area contributed by atoms with E-state index in [1.54, 1.807) is 36.4 Å². The van der Waals surface area contributed by atoms with E-state index < -0.39 is 32.9 Å². The maximum Gasteiger partial charge on any atom is 0.336 e. The van der Waals surface area contributed by atoms with Crippen molar-refractivity contribution in [2.24, 2.45) is 4.99 Å². The van der Waals surface area contributed by atoms with E-state index in [4.69, 9.17) is 15.0 Å². The molecule has 0 aliphatic carbocycles. The summed E-state index contributed by atoms with van der Waals surface area (Å²) < 4.78 is 45.0. The summed E-state index contributed by atoms with van der Waals surface area (Å²) in [7, 11) is -4.38. The highest BCUT2D eigenvalue weighted by atomic mass is 32.2. The Morgan fingerprint density at radius 1 is 0.978 bits per heavy atom. The number of ether oxygens (including phenoxy) is 1. The van der Waals surface area contributed by atoms with Gasteiger partial charge in [0.05, 0.1) is 22.0 Å². The van der Waals surface area contributed by atoms with Crippen molar-refractivity contribution in [1.82, 2.24) is 0 Å². The Labute approximate surface area is 263 Å². The minimum Gasteiger partial charge on any atom is -0.478 e. The molecule has 0 spiro atoms. The molecule has 3 heterocycles. The van der Waals surface area contributed by atoms with Crippen molar-refractivity contribution in [2.75, 3.05) is 16.8 Å². The van der Waals surface area contributed by atoms with Gasteiger partial charge in [-0.1, -0.05) is 35.4 Å². The van der Waals surface area contributed by atoms with Crippen LogP contribution in [0.1, 0.15) is 60.3 Å². The number of rotatable bonds is 8. The van der Waals surface area contributed by atoms with Gasteiger partial charge in [-0.3, -0.25) is 9.55 Å². The highest BCUT2D eigenvalue weighted by Gasteiger charge is 2.32. The fourth-order valence-corrected chi connectivity index (χ4v) is 7.25. The lowest BCUT2D eigenvalue weighted by atomic mass is 9.84. The van der Waals surface area contributed by atoms with Gasteiger partial charge in [-0.05, 0) is 62.6 Å². The van der Waals surface area contributed by atoms with E-state index in [0.717, 1.165) is 28.9 Å². The molecule has 3 aliphatic rings. The number of benzene rings is 3. The molecule has 3 aromatic carbocycles. The summed E-state index contributed by atoms with van der Waals surface area (Å²) in [5.41, 5.74) is 3.81. The molecule has 3 aromatic rings. The largest absolute Gasteiger partial charge is 0.478 e. The van der Waals surface area contributed by atoms with Gasteiger partial charge in [-0.15, -0.1) is 4.33 Å². The predicted molar refractivity (Wildman–Crippen MR) is 170 cm³/mol. The normalized spacial score (nSPS) is 17.2. The molecule has 4 N–H and O–H groups in total. The van der Waals surface area contributed by atoms with E-state index in [0.29, 0.717) is 55.7 Å². The summed E-state index contributed by atoms with van der Waals surface area (Å²) in [6.07, 6.45) is 3.73. The van der Waals surface area contributed by atoms with Crippen LogP contribution in [0.15, 0.2) is 65.7 Å². The number of carbonyl (C=O) groups is 1. The van der Waals surface area contributed by atoms with E-state index in [1.165, 1.54) is 6.07 Å². The third-order valence-corrected chi connectivity index (χ3v) is 8.92. The smallest absolute Gasteiger partial charge is 0.336 e. The Balaban J connectivity index is 1.68. The average Bonchev–Trinajstić information content (AvgIpc) is 2.92. The fourth-order valence-electron chi connectivity index (χ4n) is 6.16. The summed E-state index contributed by atoms with van der Waals surface area (Å²) in [4.78, 5) is 17.3. The zero-order valence-corrected chi connectivity index (χ0v) is 26.4. The number of carboxylic acid groups (broad SMARTS) is 1. The SMILES string of the molecule is CC1(C)C=C(CS(=O)(=O)O)c2cc3c(cc2=N1)Oc1cc2c(cc1C=3c1ccccc1C(=O)O)C(CSOOO)=CC(C)(C)N2. The molecule has 0 amide bonds. The highest BCUT2D eigenvalue weighted by molar-refractivity contribution is 7.95. The van der Waals surface area contributed by atoms with Crippen LogP contribution in [0.25, 0.3) is 16.7 Å². The molecule has 45 heavy (non-hydrogen) atoms. The first kappa shape index (κ1) is 31.0. The van der Waals surface area contributed by atoms with Gasteiger partial charge < -0.3 is 15.2 Å². The van der Waals surface area contributed by atoms with Crippen molar-refractivity contribution < 1.29 is 42.2 Å². The van der Waals surface area contributed by atoms with Crippen molar-refractivity contribution in [2.45, 2.75) is 38.8 Å². The molecule has 13 heteroatoms. The molecule has 0 fully saturated rings. The van der Waals surface area contributed by atoms with Crippen LogP contribution < -0.4 is 20.6 Å². The number of nitrogens with zero attached hydrogens (tertiary/aromatic N) is 1. The lowest BCUT2D eigenvalue weighted by Crippen LogP contribution is -2.33. The second kappa shape index (κ2) is 11.1. The molecule has 6 rings (SSSR count). The van der Waals surface area contributed by atoms with Gasteiger partial charge in [-0.2, -0.15) is 8.42 Å². The van der Waals surface area contributed by atoms with Crippen LogP contribution in [0.4, 0.5) is 5.69 Å². The summed E-state index contributed by atoms with van der Waals surface area (Å²) in [6.45, 7) is 7.68. The monoisotopic (exact) mass is 650 g/mol. The number of carboxylic acids is 1.